The van der Waals surface area contributed by atoms with Gasteiger partial charge in [0.2, 0.25) is 0 Å². The van der Waals surface area contributed by atoms with Crippen LogP contribution in [0.2, 0.25) is 0 Å². The first kappa shape index (κ1) is 13.2. The molecule has 0 saturated heterocycles. The highest BCUT2D eigenvalue weighted by atomic mass is 16.5. The second-order valence-electron chi connectivity index (χ2n) is 3.37. The van der Waals surface area contributed by atoms with Crippen molar-refractivity contribution in [1.29, 1.82) is 0 Å². The second kappa shape index (κ2) is 8.33. The van der Waals surface area contributed by atoms with E-state index in [0.29, 0.717) is 33.0 Å². The fourth-order valence-electron chi connectivity index (χ4n) is 1.22. The quantitative estimate of drug-likeness (QED) is 0.607. The summed E-state index contributed by atoms with van der Waals surface area (Å²) in [5.74, 6) is 1.76. The topological polar surface area (TPSA) is 40.8 Å². The summed E-state index contributed by atoms with van der Waals surface area (Å²) in [7, 11) is 0. The van der Waals surface area contributed by atoms with Crippen LogP contribution in [-0.2, 0) is 20.8 Å². The van der Waals surface area contributed by atoms with Crippen molar-refractivity contribution < 1.29 is 18.6 Å². The zero-order valence-electron chi connectivity index (χ0n) is 10.0. The highest BCUT2D eigenvalue weighted by Crippen LogP contribution is 2.06. The smallest absolute Gasteiger partial charge is 0.129 e. The summed E-state index contributed by atoms with van der Waals surface area (Å²) in [5, 5.41) is 0. The van der Waals surface area contributed by atoms with E-state index < -0.39 is 0 Å². The van der Waals surface area contributed by atoms with Gasteiger partial charge in [-0.25, -0.2) is 0 Å². The van der Waals surface area contributed by atoms with Gasteiger partial charge in [-0.2, -0.15) is 0 Å². The van der Waals surface area contributed by atoms with Crippen LogP contribution in [0.4, 0.5) is 0 Å². The van der Waals surface area contributed by atoms with Gasteiger partial charge in [-0.1, -0.05) is 0 Å². The minimum atomic E-state index is 0.503. The van der Waals surface area contributed by atoms with Crippen LogP contribution in [0.15, 0.2) is 16.5 Å². The van der Waals surface area contributed by atoms with Crippen LogP contribution in [0.25, 0.3) is 0 Å². The van der Waals surface area contributed by atoms with Crippen molar-refractivity contribution in [1.82, 2.24) is 0 Å². The van der Waals surface area contributed by atoms with Gasteiger partial charge in [0.25, 0.3) is 0 Å². The number of ether oxygens (including phenoxy) is 3. The van der Waals surface area contributed by atoms with Crippen molar-refractivity contribution in [2.75, 3.05) is 33.0 Å². The molecule has 1 aromatic heterocycles. The maximum absolute atomic E-state index is 5.38. The van der Waals surface area contributed by atoms with Crippen LogP contribution in [0.1, 0.15) is 18.4 Å². The highest BCUT2D eigenvalue weighted by molar-refractivity contribution is 5.04. The molecule has 0 aliphatic carbocycles. The number of furan rings is 1. The molecule has 1 rings (SSSR count). The van der Waals surface area contributed by atoms with E-state index in [2.05, 4.69) is 0 Å². The zero-order chi connectivity index (χ0) is 11.6. The lowest BCUT2D eigenvalue weighted by Gasteiger charge is -2.04. The van der Waals surface area contributed by atoms with Crippen molar-refractivity contribution in [3.05, 3.63) is 23.7 Å². The first-order valence-electron chi connectivity index (χ1n) is 5.61. The molecule has 0 aromatic carbocycles. The molecule has 1 aromatic rings. The van der Waals surface area contributed by atoms with Crippen molar-refractivity contribution in [3.63, 3.8) is 0 Å². The molecular formula is C12H20O4. The molecule has 4 nitrogen and oxygen atoms in total. The molecule has 0 aliphatic heterocycles. The Hall–Kier alpha value is -0.840. The van der Waals surface area contributed by atoms with Gasteiger partial charge in [0.15, 0.2) is 0 Å². The van der Waals surface area contributed by atoms with Gasteiger partial charge < -0.3 is 18.6 Å². The highest BCUT2D eigenvalue weighted by Gasteiger charge is 1.98. The lowest BCUT2D eigenvalue weighted by molar-refractivity contribution is 0.00954. The van der Waals surface area contributed by atoms with E-state index in [-0.39, 0.29) is 0 Å². The summed E-state index contributed by atoms with van der Waals surface area (Å²) in [6.45, 7) is 7.55. The fourth-order valence-corrected chi connectivity index (χ4v) is 1.22. The summed E-state index contributed by atoms with van der Waals surface area (Å²) >= 11 is 0. The summed E-state index contributed by atoms with van der Waals surface area (Å²) in [6, 6.07) is 3.85. The van der Waals surface area contributed by atoms with E-state index in [1.54, 1.807) is 0 Å². The average Bonchev–Trinajstić information content (AvgIpc) is 2.68. The third-order valence-electron chi connectivity index (χ3n) is 1.99. The molecule has 0 spiro atoms. The Morgan fingerprint density at radius 2 is 1.69 bits per heavy atom. The second-order valence-corrected chi connectivity index (χ2v) is 3.37. The van der Waals surface area contributed by atoms with Gasteiger partial charge in [-0.15, -0.1) is 0 Å². The molecule has 4 heteroatoms. The maximum atomic E-state index is 5.38. The molecule has 92 valence electrons. The van der Waals surface area contributed by atoms with Crippen LogP contribution in [0, 0.1) is 6.92 Å². The Morgan fingerprint density at radius 3 is 2.31 bits per heavy atom. The van der Waals surface area contributed by atoms with Crippen LogP contribution in [0.5, 0.6) is 0 Å². The van der Waals surface area contributed by atoms with Crippen molar-refractivity contribution in [3.8, 4) is 0 Å². The minimum absolute atomic E-state index is 0.503. The average molecular weight is 228 g/mol. The van der Waals surface area contributed by atoms with E-state index in [1.165, 1.54) is 0 Å². The van der Waals surface area contributed by atoms with E-state index in [9.17, 15) is 0 Å². The van der Waals surface area contributed by atoms with Gasteiger partial charge in [-0.3, -0.25) is 0 Å². The van der Waals surface area contributed by atoms with E-state index in [4.69, 9.17) is 18.6 Å². The first-order chi connectivity index (χ1) is 7.83. The summed E-state index contributed by atoms with van der Waals surface area (Å²) < 4.78 is 21.2. The minimum Gasteiger partial charge on any atom is -0.464 e. The Kier molecular flexibility index (Phi) is 6.88. The molecule has 0 N–H and O–H groups in total. The van der Waals surface area contributed by atoms with E-state index in [1.807, 2.05) is 26.0 Å². The van der Waals surface area contributed by atoms with Gasteiger partial charge in [0.1, 0.15) is 18.1 Å². The van der Waals surface area contributed by atoms with Gasteiger partial charge in [-0.05, 0) is 26.0 Å². The maximum Gasteiger partial charge on any atom is 0.129 e. The predicted molar refractivity (Wildman–Crippen MR) is 60.4 cm³/mol. The monoisotopic (exact) mass is 228 g/mol. The van der Waals surface area contributed by atoms with Gasteiger partial charge in [0, 0.05) is 6.61 Å². The van der Waals surface area contributed by atoms with Gasteiger partial charge >= 0.3 is 0 Å². The Morgan fingerprint density at radius 1 is 1.00 bits per heavy atom. The lowest BCUT2D eigenvalue weighted by Crippen LogP contribution is -2.09. The van der Waals surface area contributed by atoms with Crippen LogP contribution in [-0.4, -0.2) is 33.0 Å². The summed E-state index contributed by atoms with van der Waals surface area (Å²) in [4.78, 5) is 0. The Bertz CT molecular complexity index is 270. The van der Waals surface area contributed by atoms with E-state index in [0.717, 1.165) is 18.1 Å². The molecule has 0 amide bonds. The number of rotatable bonds is 9. The Labute approximate surface area is 96.5 Å². The third-order valence-corrected chi connectivity index (χ3v) is 1.99. The lowest BCUT2D eigenvalue weighted by atomic mass is 10.4. The largest absolute Gasteiger partial charge is 0.464 e. The molecule has 0 aliphatic rings. The molecular weight excluding hydrogens is 208 g/mol. The normalized spacial score (nSPS) is 10.9. The molecule has 0 radical (unpaired) electrons. The third kappa shape index (κ3) is 5.90. The summed E-state index contributed by atoms with van der Waals surface area (Å²) in [6.07, 6.45) is 0. The molecule has 0 fully saturated rings. The number of aryl methyl sites for hydroxylation is 1. The SMILES string of the molecule is CCOCCOCCOCc1ccc(C)o1. The zero-order valence-corrected chi connectivity index (χ0v) is 10.0. The van der Waals surface area contributed by atoms with Crippen LogP contribution >= 0.6 is 0 Å². The van der Waals surface area contributed by atoms with Crippen LogP contribution in [0.3, 0.4) is 0 Å². The van der Waals surface area contributed by atoms with Gasteiger partial charge in [0.05, 0.1) is 26.4 Å². The van der Waals surface area contributed by atoms with Crippen LogP contribution < -0.4 is 0 Å². The predicted octanol–water partition coefficient (Wildman–Crippen LogP) is 2.16. The molecule has 0 unspecified atom stereocenters. The first-order valence-corrected chi connectivity index (χ1v) is 5.61. The molecule has 16 heavy (non-hydrogen) atoms. The molecule has 0 saturated carbocycles. The molecule has 1 heterocycles. The standard InChI is InChI=1S/C12H20O4/c1-3-13-6-7-14-8-9-15-10-12-5-4-11(2)16-12/h4-5H,3,6-10H2,1-2H3. The Balaban J connectivity index is 1.88. The number of hydrogen-bond donors (Lipinski definition) is 0. The summed E-state index contributed by atoms with van der Waals surface area (Å²) in [5.41, 5.74) is 0. The molecule has 0 atom stereocenters. The molecule has 0 bridgehead atoms. The van der Waals surface area contributed by atoms with Crippen molar-refractivity contribution in [2.24, 2.45) is 0 Å². The van der Waals surface area contributed by atoms with Crippen molar-refractivity contribution >= 4 is 0 Å². The van der Waals surface area contributed by atoms with Crippen molar-refractivity contribution in [2.45, 2.75) is 20.5 Å². The fraction of sp³-hybridized carbons (Fsp3) is 0.667. The number of hydrogen-bond acceptors (Lipinski definition) is 4. The van der Waals surface area contributed by atoms with E-state index >= 15 is 0 Å².